The normalized spacial score (nSPS) is 14.0. The van der Waals surface area contributed by atoms with Crippen molar-refractivity contribution < 1.29 is 18.7 Å². The van der Waals surface area contributed by atoms with E-state index in [1.54, 1.807) is 13.4 Å². The number of amides is 1. The van der Waals surface area contributed by atoms with Gasteiger partial charge in [-0.2, -0.15) is 0 Å². The highest BCUT2D eigenvalue weighted by atomic mass is 16.5. The third-order valence-corrected chi connectivity index (χ3v) is 6.06. The molecule has 2 aromatic carbocycles. The van der Waals surface area contributed by atoms with Gasteiger partial charge in [-0.05, 0) is 24.3 Å². The quantitative estimate of drug-likeness (QED) is 0.425. The second kappa shape index (κ2) is 9.32. The molecule has 33 heavy (non-hydrogen) atoms. The number of rotatable bonds is 7. The molecule has 1 aliphatic heterocycles. The molecule has 0 bridgehead atoms. The Morgan fingerprint density at radius 3 is 2.52 bits per heavy atom. The van der Waals surface area contributed by atoms with E-state index < -0.39 is 0 Å². The number of nitrogens with zero attached hydrogens (tertiary/aromatic N) is 3. The fourth-order valence-corrected chi connectivity index (χ4v) is 4.37. The molecule has 1 fully saturated rings. The average molecular weight is 446 g/mol. The largest absolute Gasteiger partial charge is 0.495 e. The SMILES string of the molecule is COc1ccccc1N1CCN(C(=O)c2cc3occc3n2CCOc2ccccc2)CC1. The van der Waals surface area contributed by atoms with Crippen molar-refractivity contribution in [1.29, 1.82) is 0 Å². The first-order valence-electron chi connectivity index (χ1n) is 11.2. The number of benzene rings is 2. The molecule has 170 valence electrons. The molecule has 1 amide bonds. The van der Waals surface area contributed by atoms with E-state index in [2.05, 4.69) is 11.0 Å². The minimum atomic E-state index is 0.0146. The van der Waals surface area contributed by atoms with Gasteiger partial charge in [-0.25, -0.2) is 0 Å². The van der Waals surface area contributed by atoms with Crippen molar-refractivity contribution in [2.24, 2.45) is 0 Å². The molecule has 4 aromatic rings. The van der Waals surface area contributed by atoms with Crippen LogP contribution in [0.25, 0.3) is 11.1 Å². The number of furan rings is 1. The van der Waals surface area contributed by atoms with Crippen molar-refractivity contribution in [2.45, 2.75) is 6.54 Å². The number of aromatic nitrogens is 1. The highest BCUT2D eigenvalue weighted by Gasteiger charge is 2.27. The molecule has 0 spiro atoms. The first-order valence-corrected chi connectivity index (χ1v) is 11.2. The third-order valence-electron chi connectivity index (χ3n) is 6.06. The van der Waals surface area contributed by atoms with Gasteiger partial charge in [0.1, 0.15) is 23.8 Å². The molecule has 7 nitrogen and oxygen atoms in total. The van der Waals surface area contributed by atoms with Gasteiger partial charge in [0.25, 0.3) is 5.91 Å². The van der Waals surface area contributed by atoms with E-state index >= 15 is 0 Å². The van der Waals surface area contributed by atoms with Crippen LogP contribution in [0.1, 0.15) is 10.5 Å². The van der Waals surface area contributed by atoms with Crippen LogP contribution in [0.2, 0.25) is 0 Å². The molecule has 1 saturated heterocycles. The van der Waals surface area contributed by atoms with Gasteiger partial charge >= 0.3 is 0 Å². The van der Waals surface area contributed by atoms with Crippen LogP contribution in [0, 0.1) is 0 Å². The Balaban J connectivity index is 1.29. The number of anilines is 1. The fraction of sp³-hybridized carbons (Fsp3) is 0.269. The number of carbonyl (C=O) groups excluding carboxylic acids is 1. The lowest BCUT2D eigenvalue weighted by atomic mass is 10.2. The zero-order valence-corrected chi connectivity index (χ0v) is 18.6. The molecule has 5 rings (SSSR count). The molecule has 0 aliphatic carbocycles. The molecule has 2 aromatic heterocycles. The van der Waals surface area contributed by atoms with Crippen LogP contribution in [-0.2, 0) is 6.54 Å². The molecule has 3 heterocycles. The Kier molecular flexibility index (Phi) is 5.93. The minimum absolute atomic E-state index is 0.0146. The molecule has 1 aliphatic rings. The molecule has 0 atom stereocenters. The molecule has 0 radical (unpaired) electrons. The summed E-state index contributed by atoms with van der Waals surface area (Å²) in [5, 5.41) is 0. The van der Waals surface area contributed by atoms with Crippen LogP contribution in [-0.4, -0.2) is 55.3 Å². The van der Waals surface area contributed by atoms with Gasteiger partial charge in [0.15, 0.2) is 5.58 Å². The van der Waals surface area contributed by atoms with E-state index in [-0.39, 0.29) is 5.91 Å². The van der Waals surface area contributed by atoms with Crippen LogP contribution in [0.15, 0.2) is 77.4 Å². The van der Waals surface area contributed by atoms with Gasteiger partial charge in [0.05, 0.1) is 31.1 Å². The number of methoxy groups -OCH3 is 1. The lowest BCUT2D eigenvalue weighted by Gasteiger charge is -2.36. The van der Waals surface area contributed by atoms with Gasteiger partial charge in [0, 0.05) is 38.3 Å². The van der Waals surface area contributed by atoms with Crippen molar-refractivity contribution in [2.75, 3.05) is 44.8 Å². The predicted molar refractivity (Wildman–Crippen MR) is 127 cm³/mol. The topological polar surface area (TPSA) is 60.1 Å². The van der Waals surface area contributed by atoms with Gasteiger partial charge in [-0.1, -0.05) is 30.3 Å². The van der Waals surface area contributed by atoms with Crippen molar-refractivity contribution in [3.8, 4) is 11.5 Å². The van der Waals surface area contributed by atoms with Gasteiger partial charge in [-0.15, -0.1) is 0 Å². The zero-order chi connectivity index (χ0) is 22.6. The predicted octanol–water partition coefficient (Wildman–Crippen LogP) is 4.28. The lowest BCUT2D eigenvalue weighted by molar-refractivity contribution is 0.0735. The molecular weight excluding hydrogens is 418 g/mol. The van der Waals surface area contributed by atoms with E-state index in [1.807, 2.05) is 70.1 Å². The van der Waals surface area contributed by atoms with E-state index in [4.69, 9.17) is 13.9 Å². The van der Waals surface area contributed by atoms with Crippen LogP contribution in [0.5, 0.6) is 11.5 Å². The molecule has 7 heteroatoms. The summed E-state index contributed by atoms with van der Waals surface area (Å²) < 4.78 is 19.0. The van der Waals surface area contributed by atoms with Crippen LogP contribution in [0.4, 0.5) is 5.69 Å². The van der Waals surface area contributed by atoms with Crippen molar-refractivity contribution >= 4 is 22.7 Å². The van der Waals surface area contributed by atoms with Gasteiger partial charge in [-0.3, -0.25) is 4.79 Å². The summed E-state index contributed by atoms with van der Waals surface area (Å²) in [5.74, 6) is 1.68. The summed E-state index contributed by atoms with van der Waals surface area (Å²) in [6.07, 6.45) is 1.65. The van der Waals surface area contributed by atoms with Crippen molar-refractivity contribution in [3.63, 3.8) is 0 Å². The van der Waals surface area contributed by atoms with Gasteiger partial charge in [0.2, 0.25) is 0 Å². The van der Waals surface area contributed by atoms with Crippen molar-refractivity contribution in [1.82, 2.24) is 9.47 Å². The molecule has 0 saturated carbocycles. The summed E-state index contributed by atoms with van der Waals surface area (Å²) in [6, 6.07) is 21.4. The summed E-state index contributed by atoms with van der Waals surface area (Å²) >= 11 is 0. The maximum atomic E-state index is 13.5. The number of carbonyl (C=O) groups is 1. The second-order valence-electron chi connectivity index (χ2n) is 7.96. The Bertz CT molecular complexity index is 1220. The zero-order valence-electron chi connectivity index (χ0n) is 18.6. The monoisotopic (exact) mass is 445 g/mol. The number of fused-ring (bicyclic) bond motifs is 1. The minimum Gasteiger partial charge on any atom is -0.495 e. The fourth-order valence-electron chi connectivity index (χ4n) is 4.37. The average Bonchev–Trinajstić information content (AvgIpc) is 3.47. The van der Waals surface area contributed by atoms with E-state index in [0.29, 0.717) is 37.5 Å². The first kappa shape index (κ1) is 21.0. The van der Waals surface area contributed by atoms with Crippen molar-refractivity contribution in [3.05, 3.63) is 78.7 Å². The van der Waals surface area contributed by atoms with Crippen LogP contribution < -0.4 is 14.4 Å². The van der Waals surface area contributed by atoms with E-state index in [1.165, 1.54) is 0 Å². The standard InChI is InChI=1S/C26H27N3O4/c1-31-24-10-6-5-9-21(24)27-12-14-28(15-13-27)26(30)23-19-25-22(11-17-33-25)29(23)16-18-32-20-7-3-2-4-8-20/h2-11,17,19H,12-16,18H2,1H3. The highest BCUT2D eigenvalue weighted by molar-refractivity contribution is 5.97. The Morgan fingerprint density at radius 2 is 1.73 bits per heavy atom. The summed E-state index contributed by atoms with van der Waals surface area (Å²) in [4.78, 5) is 17.6. The maximum absolute atomic E-state index is 13.5. The molecule has 0 N–H and O–H groups in total. The summed E-state index contributed by atoms with van der Waals surface area (Å²) in [7, 11) is 1.68. The van der Waals surface area contributed by atoms with Gasteiger partial charge < -0.3 is 28.3 Å². The number of ether oxygens (including phenoxy) is 2. The lowest BCUT2D eigenvalue weighted by Crippen LogP contribution is -2.49. The Morgan fingerprint density at radius 1 is 0.970 bits per heavy atom. The maximum Gasteiger partial charge on any atom is 0.270 e. The smallest absolute Gasteiger partial charge is 0.270 e. The molecule has 0 unspecified atom stereocenters. The van der Waals surface area contributed by atoms with E-state index in [0.717, 1.165) is 35.8 Å². The summed E-state index contributed by atoms with van der Waals surface area (Å²) in [5.41, 5.74) is 3.31. The number of para-hydroxylation sites is 3. The Labute approximate surface area is 192 Å². The number of hydrogen-bond donors (Lipinski definition) is 0. The third kappa shape index (κ3) is 4.26. The highest BCUT2D eigenvalue weighted by Crippen LogP contribution is 2.29. The second-order valence-corrected chi connectivity index (χ2v) is 7.96. The summed E-state index contributed by atoms with van der Waals surface area (Å²) in [6.45, 7) is 3.80. The van der Waals surface area contributed by atoms with Crippen LogP contribution in [0.3, 0.4) is 0 Å². The Hall–Kier alpha value is -3.87. The first-order chi connectivity index (χ1) is 16.2. The van der Waals surface area contributed by atoms with Crippen LogP contribution >= 0.6 is 0 Å². The number of hydrogen-bond acceptors (Lipinski definition) is 5. The van der Waals surface area contributed by atoms with E-state index in [9.17, 15) is 4.79 Å². The molecular formula is C26H27N3O4. The number of piperazine rings is 1.